The zero-order chi connectivity index (χ0) is 36.4. The van der Waals surface area contributed by atoms with E-state index in [4.69, 9.17) is 37.9 Å². The lowest BCUT2D eigenvalue weighted by Crippen LogP contribution is -2.43. The fourth-order valence-corrected chi connectivity index (χ4v) is 7.83. The summed E-state index contributed by atoms with van der Waals surface area (Å²) in [6.07, 6.45) is 8.96. The summed E-state index contributed by atoms with van der Waals surface area (Å²) < 4.78 is 7.74. The lowest BCUT2D eigenvalue weighted by Gasteiger charge is -2.31. The number of carbonyl (C=O) groups excluding carboxylic acids is 2. The van der Waals surface area contributed by atoms with Gasteiger partial charge in [-0.1, -0.05) is 47.5 Å². The number of nitrogens with one attached hydrogen (secondary N) is 3. The Morgan fingerprint density at radius 1 is 1.00 bits per heavy atom. The Bertz CT molecular complexity index is 2130. The fourth-order valence-electron chi connectivity index (χ4n) is 7.18. The van der Waals surface area contributed by atoms with E-state index in [1.165, 1.54) is 0 Å². The van der Waals surface area contributed by atoms with Crippen LogP contribution in [0, 0.1) is 0 Å². The monoisotopic (exact) mass is 740 g/mol. The van der Waals surface area contributed by atoms with Crippen molar-refractivity contribution in [1.82, 2.24) is 40.4 Å². The van der Waals surface area contributed by atoms with Crippen LogP contribution in [-0.4, -0.2) is 75.1 Å². The van der Waals surface area contributed by atoms with Crippen molar-refractivity contribution in [2.24, 2.45) is 7.05 Å². The second-order valence-corrected chi connectivity index (χ2v) is 14.3. The average Bonchev–Trinajstić information content (AvgIpc) is 3.72. The first-order chi connectivity index (χ1) is 25.2. The molecule has 2 aliphatic rings. The van der Waals surface area contributed by atoms with Gasteiger partial charge in [0.2, 0.25) is 17.7 Å². The molecule has 0 aliphatic carbocycles. The van der Waals surface area contributed by atoms with Gasteiger partial charge in [0.1, 0.15) is 0 Å². The van der Waals surface area contributed by atoms with Gasteiger partial charge in [0.05, 0.1) is 39.6 Å². The number of likely N-dealkylation sites (tertiary alicyclic amines) is 1. The molecule has 1 unspecified atom stereocenters. The number of halogens is 2. The number of aromatic nitrogens is 4. The maximum atomic E-state index is 11.7. The molecule has 0 radical (unpaired) electrons. The van der Waals surface area contributed by atoms with Gasteiger partial charge in [0.15, 0.2) is 0 Å². The van der Waals surface area contributed by atoms with Gasteiger partial charge in [-0.15, -0.1) is 0 Å². The molecule has 1 atom stereocenters. The summed E-state index contributed by atoms with van der Waals surface area (Å²) in [6.45, 7) is 5.13. The number of hydrogen-bond acceptors (Lipinski definition) is 8. The van der Waals surface area contributed by atoms with Crippen LogP contribution in [-0.2, 0) is 29.7 Å². The molecule has 5 aromatic rings. The largest absolute Gasteiger partial charge is 0.481 e. The molecule has 52 heavy (non-hydrogen) atoms. The van der Waals surface area contributed by atoms with Crippen molar-refractivity contribution < 1.29 is 14.3 Å². The van der Waals surface area contributed by atoms with Crippen molar-refractivity contribution in [2.75, 3.05) is 26.7 Å². The third kappa shape index (κ3) is 7.50. The van der Waals surface area contributed by atoms with E-state index in [0.717, 1.165) is 76.8 Å². The molecular formula is C39H42Cl2N8O3. The van der Waals surface area contributed by atoms with Gasteiger partial charge >= 0.3 is 0 Å². The summed E-state index contributed by atoms with van der Waals surface area (Å²) in [4.78, 5) is 39.5. The zero-order valence-corrected chi connectivity index (χ0v) is 31.0. The number of methoxy groups -OCH3 is 1. The van der Waals surface area contributed by atoms with E-state index in [9.17, 15) is 9.59 Å². The summed E-state index contributed by atoms with van der Waals surface area (Å²) in [5.74, 6) is 0.744. The van der Waals surface area contributed by atoms with E-state index in [-0.39, 0.29) is 17.9 Å². The Hall–Kier alpha value is -4.55. The average molecular weight is 742 g/mol. The third-order valence-corrected chi connectivity index (χ3v) is 10.9. The molecule has 6 heterocycles. The van der Waals surface area contributed by atoms with E-state index in [2.05, 4.69) is 37.8 Å². The highest BCUT2D eigenvalue weighted by Crippen LogP contribution is 2.42. The number of aryl methyl sites for hydroxylation is 1. The number of amides is 2. The van der Waals surface area contributed by atoms with Crippen molar-refractivity contribution in [3.8, 4) is 39.5 Å². The maximum absolute atomic E-state index is 11.7. The molecule has 0 saturated carbocycles. The van der Waals surface area contributed by atoms with E-state index in [0.29, 0.717) is 59.4 Å². The molecule has 4 aromatic heterocycles. The first kappa shape index (κ1) is 35.8. The predicted molar refractivity (Wildman–Crippen MR) is 204 cm³/mol. The van der Waals surface area contributed by atoms with Crippen LogP contribution in [0.5, 0.6) is 5.88 Å². The standard InChI is InChI=1S/C39H42Cl2N8O3/c1-23(50)49-15-12-27(13-16-49)44-20-26-22-48(2)33-17-25(19-45-37(26)33)38-36(41)30(11-14-43-38)29-5-4-6-31(35(29)40)32-9-7-24(39(47-32)52-3)18-42-21-28-8-10-34(51)46-28/h4-7,9,11,14,17,19,22,27-28,42,44H,8,10,12-13,15-16,18,20-21H2,1-3H3,(H,46,51). The summed E-state index contributed by atoms with van der Waals surface area (Å²) in [5.41, 5.74) is 8.26. The Morgan fingerprint density at radius 3 is 2.54 bits per heavy atom. The molecule has 1 aromatic carbocycles. The lowest BCUT2D eigenvalue weighted by atomic mass is 9.99. The molecule has 0 bridgehead atoms. The molecule has 3 N–H and O–H groups in total. The highest BCUT2D eigenvalue weighted by atomic mass is 35.5. The lowest BCUT2D eigenvalue weighted by molar-refractivity contribution is -0.130. The van der Waals surface area contributed by atoms with Gasteiger partial charge in [-0.2, -0.15) is 0 Å². The second kappa shape index (κ2) is 15.6. The fraction of sp³-hybridized carbons (Fsp3) is 0.359. The zero-order valence-electron chi connectivity index (χ0n) is 29.5. The van der Waals surface area contributed by atoms with Crippen molar-refractivity contribution in [2.45, 2.75) is 57.8 Å². The number of piperidine rings is 1. The number of hydrogen-bond donors (Lipinski definition) is 3. The van der Waals surface area contributed by atoms with Crippen LogP contribution in [0.25, 0.3) is 44.7 Å². The number of pyridine rings is 3. The van der Waals surface area contributed by atoms with E-state index in [1.54, 1.807) is 20.2 Å². The van der Waals surface area contributed by atoms with Crippen molar-refractivity contribution in [3.63, 3.8) is 0 Å². The minimum atomic E-state index is 0.0999. The van der Waals surface area contributed by atoms with Gasteiger partial charge in [0, 0.05) is 117 Å². The topological polar surface area (TPSA) is 126 Å². The van der Waals surface area contributed by atoms with Crippen molar-refractivity contribution in [3.05, 3.63) is 82.2 Å². The summed E-state index contributed by atoms with van der Waals surface area (Å²) >= 11 is 14.2. The highest BCUT2D eigenvalue weighted by Gasteiger charge is 2.23. The van der Waals surface area contributed by atoms with Crippen LogP contribution in [0.1, 0.15) is 43.7 Å². The molecule has 270 valence electrons. The van der Waals surface area contributed by atoms with E-state index in [1.807, 2.05) is 54.5 Å². The van der Waals surface area contributed by atoms with Crippen molar-refractivity contribution in [1.29, 1.82) is 0 Å². The number of benzene rings is 1. The molecule has 2 saturated heterocycles. The predicted octanol–water partition coefficient (Wildman–Crippen LogP) is 6.15. The molecular weight excluding hydrogens is 699 g/mol. The Labute approximate surface area is 313 Å². The molecule has 0 spiro atoms. The Balaban J connectivity index is 1.10. The van der Waals surface area contributed by atoms with Crippen LogP contribution >= 0.6 is 23.2 Å². The molecule has 13 heteroatoms. The summed E-state index contributed by atoms with van der Waals surface area (Å²) in [7, 11) is 3.62. The van der Waals surface area contributed by atoms with Gasteiger partial charge in [0.25, 0.3) is 0 Å². The van der Waals surface area contributed by atoms with Crippen molar-refractivity contribution >= 4 is 46.0 Å². The first-order valence-electron chi connectivity index (χ1n) is 17.6. The first-order valence-corrected chi connectivity index (χ1v) is 18.4. The quantitative estimate of drug-likeness (QED) is 0.147. The van der Waals surface area contributed by atoms with Crippen LogP contribution in [0.2, 0.25) is 10.0 Å². The second-order valence-electron chi connectivity index (χ2n) is 13.5. The van der Waals surface area contributed by atoms with Gasteiger partial charge in [-0.25, -0.2) is 4.98 Å². The smallest absolute Gasteiger partial charge is 0.220 e. The molecule has 2 aliphatic heterocycles. The molecule has 2 amide bonds. The van der Waals surface area contributed by atoms with Gasteiger partial charge in [-0.05, 0) is 37.5 Å². The van der Waals surface area contributed by atoms with Crippen LogP contribution in [0.3, 0.4) is 0 Å². The molecule has 7 rings (SSSR count). The van der Waals surface area contributed by atoms with Crippen LogP contribution in [0.4, 0.5) is 0 Å². The number of carbonyl (C=O) groups is 2. The van der Waals surface area contributed by atoms with Gasteiger partial charge < -0.3 is 30.2 Å². The molecule has 2 fully saturated rings. The summed E-state index contributed by atoms with van der Waals surface area (Å²) in [5, 5.41) is 11.0. The van der Waals surface area contributed by atoms with E-state index < -0.39 is 0 Å². The molecule has 11 nitrogen and oxygen atoms in total. The number of fused-ring (bicyclic) bond motifs is 1. The van der Waals surface area contributed by atoms with E-state index >= 15 is 0 Å². The Kier molecular flexibility index (Phi) is 10.7. The van der Waals surface area contributed by atoms with Crippen LogP contribution < -0.4 is 20.7 Å². The third-order valence-electron chi connectivity index (χ3n) is 10.1. The maximum Gasteiger partial charge on any atom is 0.220 e. The normalized spacial score (nSPS) is 16.4. The number of ether oxygens (including phenoxy) is 1. The SMILES string of the molecule is COc1nc(-c2cccc(-c3ccnc(-c4cnc5c(CNC6CCN(C(C)=O)CC6)cn(C)c5c4)c3Cl)c2Cl)ccc1CNCC1CCC(=O)N1. The minimum Gasteiger partial charge on any atom is -0.481 e. The number of nitrogens with zero attached hydrogens (tertiary/aromatic N) is 5. The van der Waals surface area contributed by atoms with Gasteiger partial charge in [-0.3, -0.25) is 19.6 Å². The highest BCUT2D eigenvalue weighted by molar-refractivity contribution is 6.39. The summed E-state index contributed by atoms with van der Waals surface area (Å²) in [6, 6.07) is 14.2. The number of rotatable bonds is 11. The minimum absolute atomic E-state index is 0.0999. The van der Waals surface area contributed by atoms with Crippen LogP contribution in [0.15, 0.2) is 61.1 Å². The Morgan fingerprint density at radius 2 is 1.79 bits per heavy atom.